The molecule has 0 bridgehead atoms. The molecule has 1 saturated carbocycles. The van der Waals surface area contributed by atoms with Crippen molar-refractivity contribution in [1.82, 2.24) is 10.2 Å². The molecule has 0 saturated heterocycles. The van der Waals surface area contributed by atoms with E-state index in [0.29, 0.717) is 11.8 Å². The maximum atomic E-state index is 13.0. The first-order valence-corrected chi connectivity index (χ1v) is 11.9. The van der Waals surface area contributed by atoms with Gasteiger partial charge in [-0.05, 0) is 63.1 Å². The van der Waals surface area contributed by atoms with Gasteiger partial charge in [0.25, 0.3) is 0 Å². The number of thioether (sulfide) groups is 1. The summed E-state index contributed by atoms with van der Waals surface area (Å²) < 4.78 is 0.817. The van der Waals surface area contributed by atoms with Crippen LogP contribution < -0.4 is 15.5 Å². The van der Waals surface area contributed by atoms with E-state index in [1.165, 1.54) is 35.9 Å². The molecule has 1 aliphatic rings. The lowest BCUT2D eigenvalue weighted by Crippen LogP contribution is -2.38. The Morgan fingerprint density at radius 3 is 2.47 bits per heavy atom. The molecule has 0 radical (unpaired) electrons. The van der Waals surface area contributed by atoms with E-state index in [-0.39, 0.29) is 11.9 Å². The molecular formula is C22H25N5OS2. The summed E-state index contributed by atoms with van der Waals surface area (Å²) in [6.45, 7) is 4.06. The fourth-order valence-electron chi connectivity index (χ4n) is 3.05. The van der Waals surface area contributed by atoms with Crippen molar-refractivity contribution in [3.05, 3.63) is 54.6 Å². The van der Waals surface area contributed by atoms with Crippen LogP contribution in [-0.4, -0.2) is 33.9 Å². The van der Waals surface area contributed by atoms with Crippen LogP contribution in [0.1, 0.15) is 26.7 Å². The van der Waals surface area contributed by atoms with Crippen molar-refractivity contribution >= 4 is 51.2 Å². The Kier molecular flexibility index (Phi) is 6.54. The first-order chi connectivity index (χ1) is 14.6. The molecule has 0 spiro atoms. The van der Waals surface area contributed by atoms with Gasteiger partial charge in [-0.1, -0.05) is 41.3 Å². The summed E-state index contributed by atoms with van der Waals surface area (Å²) in [4.78, 5) is 14.8. The molecule has 30 heavy (non-hydrogen) atoms. The smallest absolute Gasteiger partial charge is 0.237 e. The number of anilines is 4. The van der Waals surface area contributed by atoms with Gasteiger partial charge in [0.1, 0.15) is 0 Å². The van der Waals surface area contributed by atoms with Crippen LogP contribution in [0.4, 0.5) is 22.2 Å². The first-order valence-electron chi connectivity index (χ1n) is 10.1. The fourth-order valence-corrected chi connectivity index (χ4v) is 4.73. The average Bonchev–Trinajstić information content (AvgIpc) is 3.44. The zero-order valence-corrected chi connectivity index (χ0v) is 18.7. The lowest BCUT2D eigenvalue weighted by Gasteiger charge is -2.27. The number of hydrogen-bond acceptors (Lipinski definition) is 7. The second-order valence-corrected chi connectivity index (χ2v) is 9.68. The Hall–Kier alpha value is -2.58. The molecule has 6 nitrogen and oxygen atoms in total. The topological polar surface area (TPSA) is 70.2 Å². The lowest BCUT2D eigenvalue weighted by molar-refractivity contribution is -0.116. The number of rotatable bonds is 9. The van der Waals surface area contributed by atoms with Crippen molar-refractivity contribution in [2.45, 2.75) is 43.1 Å². The molecule has 0 atom stereocenters. The van der Waals surface area contributed by atoms with Gasteiger partial charge >= 0.3 is 0 Å². The van der Waals surface area contributed by atoms with Gasteiger partial charge in [-0.25, -0.2) is 0 Å². The quantitative estimate of drug-likeness (QED) is 0.436. The zero-order chi connectivity index (χ0) is 20.9. The fraction of sp³-hybridized carbons (Fsp3) is 0.318. The Labute approximate surface area is 185 Å². The molecule has 1 fully saturated rings. The van der Waals surface area contributed by atoms with E-state index in [4.69, 9.17) is 0 Å². The van der Waals surface area contributed by atoms with E-state index >= 15 is 0 Å². The van der Waals surface area contributed by atoms with Gasteiger partial charge in [0.15, 0.2) is 4.34 Å². The minimum Gasteiger partial charge on any atom is -0.357 e. The van der Waals surface area contributed by atoms with Crippen molar-refractivity contribution in [2.24, 2.45) is 0 Å². The van der Waals surface area contributed by atoms with Gasteiger partial charge in [0, 0.05) is 29.1 Å². The summed E-state index contributed by atoms with van der Waals surface area (Å²) in [5.74, 6) is 0.394. The van der Waals surface area contributed by atoms with Crippen molar-refractivity contribution in [1.29, 1.82) is 0 Å². The van der Waals surface area contributed by atoms with Crippen LogP contribution in [0.15, 0.2) is 58.9 Å². The Balaban J connectivity index is 1.37. The molecule has 4 rings (SSSR count). The number of carbonyl (C=O) groups is 1. The lowest BCUT2D eigenvalue weighted by atomic mass is 10.2. The predicted octanol–water partition coefficient (Wildman–Crippen LogP) is 5.39. The number of nitrogens with one attached hydrogen (secondary N) is 2. The summed E-state index contributed by atoms with van der Waals surface area (Å²) in [5.41, 5.74) is 2.91. The third-order valence-electron chi connectivity index (χ3n) is 4.62. The molecule has 1 aliphatic carbocycles. The molecule has 0 aliphatic heterocycles. The molecule has 3 aromatic rings. The van der Waals surface area contributed by atoms with Crippen molar-refractivity contribution < 1.29 is 4.79 Å². The van der Waals surface area contributed by atoms with Gasteiger partial charge in [0.2, 0.25) is 11.0 Å². The summed E-state index contributed by atoms with van der Waals surface area (Å²) >= 11 is 2.96. The third kappa shape index (κ3) is 5.52. The van der Waals surface area contributed by atoms with Crippen LogP contribution in [0.5, 0.6) is 0 Å². The molecule has 0 unspecified atom stereocenters. The molecule has 2 aromatic carbocycles. The van der Waals surface area contributed by atoms with Crippen LogP contribution in [-0.2, 0) is 4.79 Å². The minimum absolute atomic E-state index is 0.0608. The van der Waals surface area contributed by atoms with Crippen molar-refractivity contribution in [3.8, 4) is 0 Å². The Morgan fingerprint density at radius 1 is 1.10 bits per heavy atom. The molecule has 2 N–H and O–H groups in total. The molecule has 156 valence electrons. The number of hydrogen-bond donors (Lipinski definition) is 2. The van der Waals surface area contributed by atoms with Crippen molar-refractivity contribution in [3.63, 3.8) is 0 Å². The molecule has 1 heterocycles. The van der Waals surface area contributed by atoms with Gasteiger partial charge < -0.3 is 15.5 Å². The monoisotopic (exact) mass is 439 g/mol. The molecule has 1 amide bonds. The second kappa shape index (κ2) is 9.49. The van der Waals surface area contributed by atoms with Crippen LogP contribution in [0.3, 0.4) is 0 Å². The normalized spacial score (nSPS) is 13.3. The number of benzene rings is 2. The number of para-hydroxylation sites is 1. The van der Waals surface area contributed by atoms with Gasteiger partial charge in [0.05, 0.1) is 5.75 Å². The van der Waals surface area contributed by atoms with Crippen LogP contribution in [0.2, 0.25) is 0 Å². The summed E-state index contributed by atoms with van der Waals surface area (Å²) in [7, 11) is 0. The van der Waals surface area contributed by atoms with Gasteiger partial charge in [-0.2, -0.15) is 0 Å². The molecule has 8 heteroatoms. The number of amides is 1. The number of nitrogens with zero attached hydrogens (tertiary/aromatic N) is 3. The van der Waals surface area contributed by atoms with Crippen LogP contribution in [0, 0.1) is 0 Å². The minimum atomic E-state index is 0.0608. The summed E-state index contributed by atoms with van der Waals surface area (Å²) in [5, 5.41) is 15.9. The van der Waals surface area contributed by atoms with Crippen molar-refractivity contribution in [2.75, 3.05) is 21.3 Å². The van der Waals surface area contributed by atoms with E-state index in [2.05, 4.69) is 20.8 Å². The summed E-state index contributed by atoms with van der Waals surface area (Å²) in [6.07, 6.45) is 2.40. The highest BCUT2D eigenvalue weighted by atomic mass is 32.2. The highest BCUT2D eigenvalue weighted by molar-refractivity contribution is 8.01. The van der Waals surface area contributed by atoms with Crippen LogP contribution >= 0.6 is 23.1 Å². The van der Waals surface area contributed by atoms with E-state index in [9.17, 15) is 4.79 Å². The van der Waals surface area contributed by atoms with Crippen LogP contribution in [0.25, 0.3) is 0 Å². The number of aromatic nitrogens is 2. The van der Waals surface area contributed by atoms with E-state index in [1.807, 2.05) is 73.3 Å². The first kappa shape index (κ1) is 20.7. The van der Waals surface area contributed by atoms with Gasteiger partial charge in [-0.3, -0.25) is 4.79 Å². The Morgan fingerprint density at radius 2 is 1.80 bits per heavy atom. The second-order valence-electron chi connectivity index (χ2n) is 7.48. The molecular weight excluding hydrogens is 414 g/mol. The largest absolute Gasteiger partial charge is 0.357 e. The SMILES string of the molecule is CC(C)N(C(=O)CSc1nnc(NC2CC2)s1)c1ccc(Nc2ccccc2)cc1. The zero-order valence-electron chi connectivity index (χ0n) is 17.0. The highest BCUT2D eigenvalue weighted by Gasteiger charge is 2.23. The van der Waals surface area contributed by atoms with Gasteiger partial charge in [-0.15, -0.1) is 10.2 Å². The third-order valence-corrected chi connectivity index (χ3v) is 6.60. The maximum absolute atomic E-state index is 13.0. The van der Waals surface area contributed by atoms with E-state index in [1.54, 1.807) is 0 Å². The summed E-state index contributed by atoms with van der Waals surface area (Å²) in [6, 6.07) is 18.6. The molecule has 1 aromatic heterocycles. The number of carbonyl (C=O) groups excluding carboxylic acids is 1. The Bertz CT molecular complexity index is 971. The standard InChI is InChI=1S/C22H25N5OS2/c1-15(2)27(19-12-10-17(11-13-19)23-16-6-4-3-5-7-16)20(28)14-29-22-26-25-21(30-22)24-18-8-9-18/h3-7,10-13,15,18,23H,8-9,14H2,1-2H3,(H,24,25). The average molecular weight is 440 g/mol. The van der Waals surface area contributed by atoms with E-state index in [0.717, 1.165) is 26.5 Å². The van der Waals surface area contributed by atoms with E-state index < -0.39 is 0 Å². The highest BCUT2D eigenvalue weighted by Crippen LogP contribution is 2.31. The maximum Gasteiger partial charge on any atom is 0.237 e. The predicted molar refractivity (Wildman–Crippen MR) is 126 cm³/mol.